The summed E-state index contributed by atoms with van der Waals surface area (Å²) in [5.74, 6) is -0.0915. The Bertz CT molecular complexity index is 579. The predicted molar refractivity (Wildman–Crippen MR) is 76.5 cm³/mol. The quantitative estimate of drug-likeness (QED) is 0.834. The highest BCUT2D eigenvalue weighted by Gasteiger charge is 2.14. The molecule has 3 N–H and O–H groups in total. The SMILES string of the molecule is Cc1c(CC(=O)N[C@@H](C)CN)nnn1-c1ccccc1. The van der Waals surface area contributed by atoms with Gasteiger partial charge < -0.3 is 11.1 Å². The third-order valence-electron chi connectivity index (χ3n) is 3.08. The zero-order valence-electron chi connectivity index (χ0n) is 11.7. The van der Waals surface area contributed by atoms with Crippen LogP contribution in [0.2, 0.25) is 0 Å². The zero-order chi connectivity index (χ0) is 14.5. The van der Waals surface area contributed by atoms with E-state index in [0.29, 0.717) is 12.2 Å². The number of amides is 1. The Morgan fingerprint density at radius 3 is 2.75 bits per heavy atom. The van der Waals surface area contributed by atoms with E-state index in [0.717, 1.165) is 11.4 Å². The Morgan fingerprint density at radius 2 is 2.10 bits per heavy atom. The van der Waals surface area contributed by atoms with Crippen LogP contribution in [-0.4, -0.2) is 33.5 Å². The van der Waals surface area contributed by atoms with Gasteiger partial charge in [0, 0.05) is 12.6 Å². The molecular weight excluding hydrogens is 254 g/mol. The van der Waals surface area contributed by atoms with Crippen molar-refractivity contribution in [3.05, 3.63) is 41.7 Å². The molecule has 0 aliphatic heterocycles. The standard InChI is InChI=1S/C14H19N5O/c1-10(9-15)16-14(20)8-13-11(2)19(18-17-13)12-6-4-3-5-7-12/h3-7,10H,8-9,15H2,1-2H3,(H,16,20)/t10-/m0/s1. The maximum absolute atomic E-state index is 11.8. The fourth-order valence-corrected chi connectivity index (χ4v) is 1.88. The first-order valence-corrected chi connectivity index (χ1v) is 6.58. The second kappa shape index (κ2) is 6.29. The van der Waals surface area contributed by atoms with Crippen molar-refractivity contribution < 1.29 is 4.79 Å². The molecule has 0 radical (unpaired) electrons. The van der Waals surface area contributed by atoms with Crippen LogP contribution in [0.25, 0.3) is 5.69 Å². The topological polar surface area (TPSA) is 85.8 Å². The number of nitrogens with one attached hydrogen (secondary N) is 1. The number of benzene rings is 1. The van der Waals surface area contributed by atoms with Gasteiger partial charge in [-0.3, -0.25) is 4.79 Å². The van der Waals surface area contributed by atoms with Crippen molar-refractivity contribution in [2.75, 3.05) is 6.54 Å². The van der Waals surface area contributed by atoms with E-state index in [2.05, 4.69) is 15.6 Å². The first-order chi connectivity index (χ1) is 9.61. The molecule has 1 heterocycles. The molecule has 6 heteroatoms. The molecule has 0 bridgehead atoms. The van der Waals surface area contributed by atoms with Crippen LogP contribution in [0.4, 0.5) is 0 Å². The van der Waals surface area contributed by atoms with Crippen LogP contribution < -0.4 is 11.1 Å². The van der Waals surface area contributed by atoms with E-state index in [-0.39, 0.29) is 18.4 Å². The van der Waals surface area contributed by atoms with Crippen molar-refractivity contribution in [2.24, 2.45) is 5.73 Å². The number of carbonyl (C=O) groups is 1. The van der Waals surface area contributed by atoms with Crippen molar-refractivity contribution in [3.8, 4) is 5.69 Å². The van der Waals surface area contributed by atoms with Crippen molar-refractivity contribution in [2.45, 2.75) is 26.3 Å². The number of carbonyl (C=O) groups excluding carboxylic acids is 1. The Labute approximate surface area is 118 Å². The first kappa shape index (κ1) is 14.2. The molecule has 0 saturated heterocycles. The van der Waals surface area contributed by atoms with Gasteiger partial charge in [-0.15, -0.1) is 5.10 Å². The monoisotopic (exact) mass is 273 g/mol. The minimum atomic E-state index is -0.0915. The fourth-order valence-electron chi connectivity index (χ4n) is 1.88. The molecule has 0 aliphatic rings. The molecule has 6 nitrogen and oxygen atoms in total. The summed E-state index contributed by atoms with van der Waals surface area (Å²) in [7, 11) is 0. The molecule has 2 rings (SSSR count). The molecule has 106 valence electrons. The summed E-state index contributed by atoms with van der Waals surface area (Å²) in [5, 5.41) is 11.0. The molecule has 20 heavy (non-hydrogen) atoms. The van der Waals surface area contributed by atoms with Crippen LogP contribution in [0.1, 0.15) is 18.3 Å². The van der Waals surface area contributed by atoms with Gasteiger partial charge >= 0.3 is 0 Å². The highest BCUT2D eigenvalue weighted by molar-refractivity contribution is 5.78. The molecule has 1 amide bonds. The lowest BCUT2D eigenvalue weighted by Crippen LogP contribution is -2.38. The lowest BCUT2D eigenvalue weighted by Gasteiger charge is -2.10. The van der Waals surface area contributed by atoms with E-state index in [1.165, 1.54) is 0 Å². The molecule has 0 unspecified atom stereocenters. The van der Waals surface area contributed by atoms with E-state index in [1.54, 1.807) is 4.68 Å². The third-order valence-corrected chi connectivity index (χ3v) is 3.08. The summed E-state index contributed by atoms with van der Waals surface area (Å²) in [5.41, 5.74) is 7.95. The number of para-hydroxylation sites is 1. The molecule has 1 atom stereocenters. The van der Waals surface area contributed by atoms with Gasteiger partial charge in [-0.1, -0.05) is 23.4 Å². The number of hydrogen-bond acceptors (Lipinski definition) is 4. The minimum absolute atomic E-state index is 0.0352. The largest absolute Gasteiger partial charge is 0.352 e. The summed E-state index contributed by atoms with van der Waals surface area (Å²) >= 11 is 0. The lowest BCUT2D eigenvalue weighted by atomic mass is 10.2. The lowest BCUT2D eigenvalue weighted by molar-refractivity contribution is -0.121. The van der Waals surface area contributed by atoms with Crippen molar-refractivity contribution >= 4 is 5.91 Å². The summed E-state index contributed by atoms with van der Waals surface area (Å²) in [6.07, 6.45) is 0.211. The summed E-state index contributed by atoms with van der Waals surface area (Å²) in [6, 6.07) is 9.67. The summed E-state index contributed by atoms with van der Waals surface area (Å²) < 4.78 is 1.73. The molecule has 1 aromatic carbocycles. The van der Waals surface area contributed by atoms with Crippen molar-refractivity contribution in [1.82, 2.24) is 20.3 Å². The van der Waals surface area contributed by atoms with Crippen LogP contribution in [0.5, 0.6) is 0 Å². The molecule has 0 spiro atoms. The number of hydrogen-bond donors (Lipinski definition) is 2. The van der Waals surface area contributed by atoms with Crippen molar-refractivity contribution in [1.29, 1.82) is 0 Å². The van der Waals surface area contributed by atoms with Crippen molar-refractivity contribution in [3.63, 3.8) is 0 Å². The molecule has 1 aromatic heterocycles. The Morgan fingerprint density at radius 1 is 1.40 bits per heavy atom. The second-order valence-corrected chi connectivity index (χ2v) is 4.75. The summed E-state index contributed by atoms with van der Waals surface area (Å²) in [6.45, 7) is 4.19. The van der Waals surface area contributed by atoms with Gasteiger partial charge in [0.25, 0.3) is 0 Å². The van der Waals surface area contributed by atoms with Gasteiger partial charge in [-0.25, -0.2) is 4.68 Å². The van der Waals surface area contributed by atoms with E-state index < -0.39 is 0 Å². The van der Waals surface area contributed by atoms with Gasteiger partial charge in [0.05, 0.1) is 23.5 Å². The maximum Gasteiger partial charge on any atom is 0.226 e. The van der Waals surface area contributed by atoms with Crippen LogP contribution in [0.15, 0.2) is 30.3 Å². The maximum atomic E-state index is 11.8. The number of nitrogens with two attached hydrogens (primary N) is 1. The molecular formula is C14H19N5O. The van der Waals surface area contributed by atoms with E-state index in [9.17, 15) is 4.79 Å². The second-order valence-electron chi connectivity index (χ2n) is 4.75. The number of rotatable bonds is 5. The fraction of sp³-hybridized carbons (Fsp3) is 0.357. The minimum Gasteiger partial charge on any atom is -0.352 e. The van der Waals surface area contributed by atoms with Gasteiger partial charge in [0.2, 0.25) is 5.91 Å². The number of nitrogens with zero attached hydrogens (tertiary/aromatic N) is 3. The molecule has 0 fully saturated rings. The highest BCUT2D eigenvalue weighted by Crippen LogP contribution is 2.12. The third kappa shape index (κ3) is 3.21. The molecule has 0 saturated carbocycles. The van der Waals surface area contributed by atoms with E-state index in [1.807, 2.05) is 44.2 Å². The van der Waals surface area contributed by atoms with Gasteiger partial charge in [-0.05, 0) is 26.0 Å². The molecule has 2 aromatic rings. The van der Waals surface area contributed by atoms with Crippen LogP contribution >= 0.6 is 0 Å². The normalized spacial score (nSPS) is 12.2. The van der Waals surface area contributed by atoms with Gasteiger partial charge in [-0.2, -0.15) is 0 Å². The smallest absolute Gasteiger partial charge is 0.226 e. The Kier molecular flexibility index (Phi) is 4.47. The Hall–Kier alpha value is -2.21. The average Bonchev–Trinajstić information content (AvgIpc) is 2.81. The average molecular weight is 273 g/mol. The summed E-state index contributed by atoms with van der Waals surface area (Å²) in [4.78, 5) is 11.8. The van der Waals surface area contributed by atoms with Crippen LogP contribution in [-0.2, 0) is 11.2 Å². The van der Waals surface area contributed by atoms with E-state index >= 15 is 0 Å². The predicted octanol–water partition coefficient (Wildman–Crippen LogP) is 0.582. The van der Waals surface area contributed by atoms with Crippen LogP contribution in [0.3, 0.4) is 0 Å². The number of aromatic nitrogens is 3. The first-order valence-electron chi connectivity index (χ1n) is 6.58. The van der Waals surface area contributed by atoms with Crippen LogP contribution in [0, 0.1) is 6.92 Å². The van der Waals surface area contributed by atoms with Gasteiger partial charge in [0.1, 0.15) is 0 Å². The molecule has 0 aliphatic carbocycles. The Balaban J connectivity index is 2.12. The highest BCUT2D eigenvalue weighted by atomic mass is 16.1. The van der Waals surface area contributed by atoms with Gasteiger partial charge in [0.15, 0.2) is 0 Å². The zero-order valence-corrected chi connectivity index (χ0v) is 11.7. The van der Waals surface area contributed by atoms with E-state index in [4.69, 9.17) is 5.73 Å².